The van der Waals surface area contributed by atoms with Crippen molar-refractivity contribution >= 4 is 5.97 Å². The van der Waals surface area contributed by atoms with Crippen LogP contribution < -0.4 is 0 Å². The maximum Gasteiger partial charge on any atom is 0.305 e. The molecule has 1 aromatic carbocycles. The molecule has 0 radical (unpaired) electrons. The number of benzene rings is 1. The molecule has 1 aliphatic heterocycles. The van der Waals surface area contributed by atoms with E-state index in [1.807, 2.05) is 12.1 Å². The highest BCUT2D eigenvalue weighted by Gasteiger charge is 2.24. The van der Waals surface area contributed by atoms with E-state index in [0.29, 0.717) is 12.5 Å². The molecule has 1 unspecified atom stereocenters. The monoisotopic (exact) mass is 206 g/mol. The largest absolute Gasteiger partial charge is 0.469 e. The highest BCUT2D eigenvalue weighted by Crippen LogP contribution is 2.29. The second-order valence-corrected chi connectivity index (χ2v) is 3.64. The summed E-state index contributed by atoms with van der Waals surface area (Å²) in [5.41, 5.74) is 2.38. The van der Waals surface area contributed by atoms with Crippen LogP contribution in [0.25, 0.3) is 0 Å². The third kappa shape index (κ3) is 2.80. The van der Waals surface area contributed by atoms with Gasteiger partial charge in [-0.2, -0.15) is 0 Å². The standard InChI is InChI=1S/C12H14O3/c1-14-12(13)7-4-9-2-5-10(6-3-9)11-8-15-11/h2-3,5-6,11H,4,7-8H2,1H3. The van der Waals surface area contributed by atoms with Crippen LogP contribution in [0.1, 0.15) is 23.7 Å². The Balaban J connectivity index is 1.89. The zero-order valence-corrected chi connectivity index (χ0v) is 8.73. The van der Waals surface area contributed by atoms with Crippen molar-refractivity contribution in [1.29, 1.82) is 0 Å². The van der Waals surface area contributed by atoms with E-state index in [-0.39, 0.29) is 5.97 Å². The van der Waals surface area contributed by atoms with E-state index < -0.39 is 0 Å². The predicted molar refractivity (Wildman–Crippen MR) is 55.5 cm³/mol. The molecule has 0 aliphatic carbocycles. The van der Waals surface area contributed by atoms with Crippen LogP contribution in [0.15, 0.2) is 24.3 Å². The fourth-order valence-corrected chi connectivity index (χ4v) is 1.49. The van der Waals surface area contributed by atoms with Gasteiger partial charge >= 0.3 is 5.97 Å². The van der Waals surface area contributed by atoms with Gasteiger partial charge in [0.15, 0.2) is 0 Å². The summed E-state index contributed by atoms with van der Waals surface area (Å²) in [6, 6.07) is 8.20. The van der Waals surface area contributed by atoms with Crippen LogP contribution in [0.5, 0.6) is 0 Å². The molecule has 3 heteroatoms. The number of aryl methyl sites for hydroxylation is 1. The van der Waals surface area contributed by atoms with Crippen LogP contribution in [-0.2, 0) is 20.7 Å². The third-order valence-electron chi connectivity index (χ3n) is 2.53. The van der Waals surface area contributed by atoms with E-state index in [1.165, 1.54) is 12.7 Å². The number of esters is 1. The van der Waals surface area contributed by atoms with Crippen LogP contribution in [0.4, 0.5) is 0 Å². The number of carbonyl (C=O) groups excluding carboxylic acids is 1. The number of rotatable bonds is 4. The molecule has 0 amide bonds. The molecule has 1 aromatic rings. The maximum atomic E-state index is 10.9. The number of ether oxygens (including phenoxy) is 2. The van der Waals surface area contributed by atoms with Crippen molar-refractivity contribution in [3.63, 3.8) is 0 Å². The van der Waals surface area contributed by atoms with Crippen molar-refractivity contribution in [2.75, 3.05) is 13.7 Å². The lowest BCUT2D eigenvalue weighted by atomic mass is 10.1. The van der Waals surface area contributed by atoms with Gasteiger partial charge < -0.3 is 9.47 Å². The Morgan fingerprint density at radius 1 is 1.47 bits per heavy atom. The molecule has 0 saturated carbocycles. The minimum absolute atomic E-state index is 0.162. The minimum atomic E-state index is -0.162. The number of hydrogen-bond donors (Lipinski definition) is 0. The molecule has 2 rings (SSSR count). The highest BCUT2D eigenvalue weighted by atomic mass is 16.6. The molecule has 0 spiro atoms. The summed E-state index contributed by atoms with van der Waals surface area (Å²) in [5.74, 6) is -0.162. The molecule has 0 aromatic heterocycles. The van der Waals surface area contributed by atoms with Crippen LogP contribution in [0, 0.1) is 0 Å². The van der Waals surface area contributed by atoms with Gasteiger partial charge in [0.05, 0.1) is 13.7 Å². The van der Waals surface area contributed by atoms with E-state index in [9.17, 15) is 4.79 Å². The molecule has 1 aliphatic rings. The Morgan fingerprint density at radius 3 is 2.67 bits per heavy atom. The maximum absolute atomic E-state index is 10.9. The Labute approximate surface area is 89.0 Å². The molecule has 1 heterocycles. The molecule has 1 fully saturated rings. The zero-order valence-electron chi connectivity index (χ0n) is 8.73. The fraction of sp³-hybridized carbons (Fsp3) is 0.417. The van der Waals surface area contributed by atoms with Crippen molar-refractivity contribution in [2.24, 2.45) is 0 Å². The van der Waals surface area contributed by atoms with Crippen molar-refractivity contribution in [1.82, 2.24) is 0 Å². The van der Waals surface area contributed by atoms with Crippen LogP contribution >= 0.6 is 0 Å². The van der Waals surface area contributed by atoms with Crippen LogP contribution in [0.2, 0.25) is 0 Å². The average molecular weight is 206 g/mol. The van der Waals surface area contributed by atoms with Gasteiger partial charge in [-0.1, -0.05) is 24.3 Å². The Hall–Kier alpha value is -1.35. The first-order chi connectivity index (χ1) is 7.29. The van der Waals surface area contributed by atoms with Gasteiger partial charge in [-0.3, -0.25) is 4.79 Å². The highest BCUT2D eigenvalue weighted by molar-refractivity contribution is 5.69. The zero-order chi connectivity index (χ0) is 10.7. The van der Waals surface area contributed by atoms with Gasteiger partial charge in [-0.25, -0.2) is 0 Å². The number of hydrogen-bond acceptors (Lipinski definition) is 3. The Bertz CT molecular complexity index is 338. The van der Waals surface area contributed by atoms with E-state index in [2.05, 4.69) is 16.9 Å². The first-order valence-corrected chi connectivity index (χ1v) is 5.07. The van der Waals surface area contributed by atoms with Gasteiger partial charge in [0.1, 0.15) is 6.10 Å². The predicted octanol–water partition coefficient (Wildman–Crippen LogP) is 1.86. The molecule has 0 N–H and O–H groups in total. The second kappa shape index (κ2) is 4.45. The van der Waals surface area contributed by atoms with E-state index in [0.717, 1.165) is 18.6 Å². The summed E-state index contributed by atoms with van der Waals surface area (Å²) >= 11 is 0. The minimum Gasteiger partial charge on any atom is -0.469 e. The molecule has 15 heavy (non-hydrogen) atoms. The summed E-state index contributed by atoms with van der Waals surface area (Å²) in [6.45, 7) is 0.835. The fourth-order valence-electron chi connectivity index (χ4n) is 1.49. The molecule has 1 atom stereocenters. The van der Waals surface area contributed by atoms with Crippen molar-refractivity contribution < 1.29 is 14.3 Å². The molecule has 1 saturated heterocycles. The summed E-state index contributed by atoms with van der Waals surface area (Å²) in [6.07, 6.45) is 1.48. The Morgan fingerprint density at radius 2 is 2.13 bits per heavy atom. The summed E-state index contributed by atoms with van der Waals surface area (Å²) in [5, 5.41) is 0. The normalized spacial score (nSPS) is 18.6. The number of methoxy groups -OCH3 is 1. The third-order valence-corrected chi connectivity index (χ3v) is 2.53. The van der Waals surface area contributed by atoms with Crippen LogP contribution in [0.3, 0.4) is 0 Å². The lowest BCUT2D eigenvalue weighted by Crippen LogP contribution is -2.01. The number of carbonyl (C=O) groups is 1. The van der Waals surface area contributed by atoms with Crippen molar-refractivity contribution in [3.8, 4) is 0 Å². The van der Waals surface area contributed by atoms with Gasteiger partial charge in [0.2, 0.25) is 0 Å². The second-order valence-electron chi connectivity index (χ2n) is 3.64. The molecule has 3 nitrogen and oxygen atoms in total. The first kappa shape index (κ1) is 10.2. The first-order valence-electron chi connectivity index (χ1n) is 5.07. The quantitative estimate of drug-likeness (QED) is 0.557. The lowest BCUT2D eigenvalue weighted by Gasteiger charge is -2.01. The summed E-state index contributed by atoms with van der Waals surface area (Å²) < 4.78 is 9.76. The topological polar surface area (TPSA) is 38.8 Å². The molecular weight excluding hydrogens is 192 g/mol. The molecular formula is C12H14O3. The van der Waals surface area contributed by atoms with Gasteiger partial charge in [-0.15, -0.1) is 0 Å². The Kier molecular flexibility index (Phi) is 3.02. The summed E-state index contributed by atoms with van der Waals surface area (Å²) in [4.78, 5) is 10.9. The van der Waals surface area contributed by atoms with Crippen molar-refractivity contribution in [3.05, 3.63) is 35.4 Å². The van der Waals surface area contributed by atoms with E-state index in [1.54, 1.807) is 0 Å². The SMILES string of the molecule is COC(=O)CCc1ccc(C2CO2)cc1. The van der Waals surface area contributed by atoms with Gasteiger partial charge in [-0.05, 0) is 17.5 Å². The smallest absolute Gasteiger partial charge is 0.305 e. The van der Waals surface area contributed by atoms with Gasteiger partial charge in [0, 0.05) is 6.42 Å². The molecule has 80 valence electrons. The van der Waals surface area contributed by atoms with Crippen molar-refractivity contribution in [2.45, 2.75) is 18.9 Å². The number of epoxide rings is 1. The van der Waals surface area contributed by atoms with Gasteiger partial charge in [0.25, 0.3) is 0 Å². The lowest BCUT2D eigenvalue weighted by molar-refractivity contribution is -0.140. The molecule has 0 bridgehead atoms. The van der Waals surface area contributed by atoms with E-state index in [4.69, 9.17) is 4.74 Å². The van der Waals surface area contributed by atoms with Crippen LogP contribution in [-0.4, -0.2) is 19.7 Å². The van der Waals surface area contributed by atoms with E-state index >= 15 is 0 Å². The summed E-state index contributed by atoms with van der Waals surface area (Å²) in [7, 11) is 1.41. The average Bonchev–Trinajstić information content (AvgIpc) is 3.10.